The average molecular weight is 519 g/mol. The molecule has 4 rings (SSSR count). The summed E-state index contributed by atoms with van der Waals surface area (Å²) in [6.07, 6.45) is 1.65. The fourth-order valence-electron chi connectivity index (χ4n) is 2.93. The van der Waals surface area contributed by atoms with Gasteiger partial charge in [0.15, 0.2) is 0 Å². The van der Waals surface area contributed by atoms with Crippen LogP contribution in [0.3, 0.4) is 0 Å². The van der Waals surface area contributed by atoms with Crippen LogP contribution in [0.2, 0.25) is 5.02 Å². The monoisotopic (exact) mass is 517 g/mol. The SMILES string of the molecule is O=C1S/C(=C/c2ccc(OCc3ccccc3F)c(Br)c2)C(=O)N1c1ccc(Cl)cc1. The van der Waals surface area contributed by atoms with Gasteiger partial charge in [-0.3, -0.25) is 9.59 Å². The number of rotatable bonds is 5. The maximum Gasteiger partial charge on any atom is 0.298 e. The number of thioether (sulfide) groups is 1. The van der Waals surface area contributed by atoms with Gasteiger partial charge in [-0.2, -0.15) is 0 Å². The Balaban J connectivity index is 1.50. The molecule has 0 radical (unpaired) electrons. The Bertz CT molecular complexity index is 1200. The normalized spacial score (nSPS) is 15.1. The number of imide groups is 1. The first-order valence-electron chi connectivity index (χ1n) is 9.11. The van der Waals surface area contributed by atoms with Gasteiger partial charge < -0.3 is 4.74 Å². The maximum atomic E-state index is 13.8. The van der Waals surface area contributed by atoms with Crippen molar-refractivity contribution < 1.29 is 18.7 Å². The maximum absolute atomic E-state index is 13.8. The molecule has 2 amide bonds. The second-order valence-electron chi connectivity index (χ2n) is 6.56. The number of hydrogen-bond acceptors (Lipinski definition) is 4. The van der Waals surface area contributed by atoms with Gasteiger partial charge >= 0.3 is 0 Å². The molecule has 0 saturated carbocycles. The number of carbonyl (C=O) groups is 2. The van der Waals surface area contributed by atoms with E-state index in [2.05, 4.69) is 15.9 Å². The Morgan fingerprint density at radius 2 is 1.81 bits per heavy atom. The Morgan fingerprint density at radius 3 is 2.52 bits per heavy atom. The van der Waals surface area contributed by atoms with Crippen molar-refractivity contribution in [2.75, 3.05) is 4.90 Å². The molecule has 8 heteroatoms. The number of carbonyl (C=O) groups excluding carboxylic acids is 2. The molecule has 0 unspecified atom stereocenters. The number of hydrogen-bond donors (Lipinski definition) is 0. The molecule has 0 N–H and O–H groups in total. The molecular formula is C23H14BrClFNO3S. The topological polar surface area (TPSA) is 46.6 Å². The lowest BCUT2D eigenvalue weighted by Gasteiger charge is -2.12. The third-order valence-corrected chi connectivity index (χ3v) is 6.21. The van der Waals surface area contributed by atoms with Crippen molar-refractivity contribution in [1.29, 1.82) is 0 Å². The molecule has 1 fully saturated rings. The zero-order chi connectivity index (χ0) is 22.0. The highest BCUT2D eigenvalue weighted by Crippen LogP contribution is 2.37. The number of halogens is 3. The van der Waals surface area contributed by atoms with Crippen LogP contribution in [-0.4, -0.2) is 11.1 Å². The van der Waals surface area contributed by atoms with E-state index in [9.17, 15) is 14.0 Å². The summed E-state index contributed by atoms with van der Waals surface area (Å²) >= 11 is 10.2. The van der Waals surface area contributed by atoms with Crippen molar-refractivity contribution in [3.8, 4) is 5.75 Å². The molecule has 31 heavy (non-hydrogen) atoms. The predicted molar refractivity (Wildman–Crippen MR) is 125 cm³/mol. The summed E-state index contributed by atoms with van der Waals surface area (Å²) in [6, 6.07) is 18.2. The molecule has 0 spiro atoms. The van der Waals surface area contributed by atoms with Crippen molar-refractivity contribution in [3.05, 3.63) is 98.1 Å². The first kappa shape index (κ1) is 21.6. The summed E-state index contributed by atoms with van der Waals surface area (Å²) in [7, 11) is 0. The van der Waals surface area contributed by atoms with Gasteiger partial charge in [0.25, 0.3) is 11.1 Å². The summed E-state index contributed by atoms with van der Waals surface area (Å²) in [5.74, 6) is -0.186. The molecular weight excluding hydrogens is 505 g/mol. The van der Waals surface area contributed by atoms with Crippen LogP contribution in [0.15, 0.2) is 76.1 Å². The van der Waals surface area contributed by atoms with Gasteiger partial charge in [-0.25, -0.2) is 9.29 Å². The third kappa shape index (κ3) is 4.84. The lowest BCUT2D eigenvalue weighted by Crippen LogP contribution is -2.27. The van der Waals surface area contributed by atoms with Gasteiger partial charge in [0.1, 0.15) is 18.2 Å². The van der Waals surface area contributed by atoms with Crippen LogP contribution in [-0.2, 0) is 11.4 Å². The highest BCUT2D eigenvalue weighted by molar-refractivity contribution is 9.10. The molecule has 3 aromatic carbocycles. The summed E-state index contributed by atoms with van der Waals surface area (Å²) in [5.41, 5.74) is 1.63. The van der Waals surface area contributed by atoms with E-state index in [1.165, 1.54) is 6.07 Å². The van der Waals surface area contributed by atoms with Crippen LogP contribution in [0.25, 0.3) is 6.08 Å². The van der Waals surface area contributed by atoms with E-state index < -0.39 is 5.91 Å². The van der Waals surface area contributed by atoms with Crippen LogP contribution in [0, 0.1) is 5.82 Å². The molecule has 1 heterocycles. The van der Waals surface area contributed by atoms with Crippen molar-refractivity contribution in [2.24, 2.45) is 0 Å². The lowest BCUT2D eigenvalue weighted by molar-refractivity contribution is -0.113. The van der Waals surface area contributed by atoms with Crippen molar-refractivity contribution in [2.45, 2.75) is 6.61 Å². The third-order valence-electron chi connectivity index (χ3n) is 4.47. The summed E-state index contributed by atoms with van der Waals surface area (Å²) < 4.78 is 20.1. The smallest absolute Gasteiger partial charge is 0.298 e. The summed E-state index contributed by atoms with van der Waals surface area (Å²) in [6.45, 7) is 0.0879. The molecule has 0 bridgehead atoms. The molecule has 0 aliphatic carbocycles. The minimum atomic E-state index is -0.395. The molecule has 1 aliphatic rings. The molecule has 0 aromatic heterocycles. The van der Waals surface area contributed by atoms with Gasteiger partial charge in [-0.15, -0.1) is 0 Å². The van der Waals surface area contributed by atoms with Gasteiger partial charge in [-0.05, 0) is 81.8 Å². The molecule has 156 valence electrons. The van der Waals surface area contributed by atoms with Crippen molar-refractivity contribution in [3.63, 3.8) is 0 Å². The largest absolute Gasteiger partial charge is 0.488 e. The number of benzene rings is 3. The quantitative estimate of drug-likeness (QED) is 0.339. The Hall–Kier alpha value is -2.61. The van der Waals surface area contributed by atoms with E-state index >= 15 is 0 Å². The van der Waals surface area contributed by atoms with Gasteiger partial charge in [-0.1, -0.05) is 35.9 Å². The van der Waals surface area contributed by atoms with Crippen LogP contribution < -0.4 is 9.64 Å². The van der Waals surface area contributed by atoms with Gasteiger partial charge in [0.2, 0.25) is 0 Å². The van der Waals surface area contributed by atoms with E-state index in [0.717, 1.165) is 16.7 Å². The lowest BCUT2D eigenvalue weighted by atomic mass is 10.2. The van der Waals surface area contributed by atoms with Crippen molar-refractivity contribution >= 4 is 62.2 Å². The van der Waals surface area contributed by atoms with E-state index in [4.69, 9.17) is 16.3 Å². The van der Waals surface area contributed by atoms with Crippen LogP contribution in [0.4, 0.5) is 14.9 Å². The van der Waals surface area contributed by atoms with Gasteiger partial charge in [0, 0.05) is 10.6 Å². The fourth-order valence-corrected chi connectivity index (χ4v) is 4.41. The zero-order valence-electron chi connectivity index (χ0n) is 15.8. The second kappa shape index (κ2) is 9.26. The average Bonchev–Trinajstić information content (AvgIpc) is 3.02. The van der Waals surface area contributed by atoms with E-state index in [-0.39, 0.29) is 17.7 Å². The minimum Gasteiger partial charge on any atom is -0.488 e. The number of ether oxygens (including phenoxy) is 1. The Kier molecular flexibility index (Phi) is 6.46. The second-order valence-corrected chi connectivity index (χ2v) is 8.85. The number of nitrogens with zero attached hydrogens (tertiary/aromatic N) is 1. The van der Waals surface area contributed by atoms with Crippen LogP contribution >= 0.6 is 39.3 Å². The van der Waals surface area contributed by atoms with E-state index in [1.807, 2.05) is 0 Å². The molecule has 1 saturated heterocycles. The molecule has 1 aliphatic heterocycles. The van der Waals surface area contributed by atoms with E-state index in [1.54, 1.807) is 66.7 Å². The first-order chi connectivity index (χ1) is 14.9. The molecule has 0 atom stereocenters. The fraction of sp³-hybridized carbons (Fsp3) is 0.0435. The number of amides is 2. The predicted octanol–water partition coefficient (Wildman–Crippen LogP) is 7.06. The zero-order valence-corrected chi connectivity index (χ0v) is 19.0. The minimum absolute atomic E-state index is 0.0879. The summed E-state index contributed by atoms with van der Waals surface area (Å²) in [5, 5.41) is 0.149. The van der Waals surface area contributed by atoms with Crippen LogP contribution in [0.1, 0.15) is 11.1 Å². The molecule has 4 nitrogen and oxygen atoms in total. The van der Waals surface area contributed by atoms with Gasteiger partial charge in [0.05, 0.1) is 15.1 Å². The van der Waals surface area contributed by atoms with Crippen LogP contribution in [0.5, 0.6) is 5.75 Å². The summed E-state index contributed by atoms with van der Waals surface area (Å²) in [4.78, 5) is 26.6. The Morgan fingerprint density at radius 1 is 1.06 bits per heavy atom. The first-order valence-corrected chi connectivity index (χ1v) is 11.1. The van der Waals surface area contributed by atoms with E-state index in [0.29, 0.717) is 37.0 Å². The molecule has 3 aromatic rings. The highest BCUT2D eigenvalue weighted by Gasteiger charge is 2.36. The highest BCUT2D eigenvalue weighted by atomic mass is 79.9. The standard InChI is InChI=1S/C23H14BrClFNO3S/c24-18-11-14(5-10-20(18)30-13-15-3-1-2-4-19(15)26)12-21-22(28)27(23(29)31-21)17-8-6-16(25)7-9-17/h1-12H,13H2/b21-12+. The number of anilines is 1. The Labute approximate surface area is 195 Å². The van der Waals surface area contributed by atoms with Crippen molar-refractivity contribution in [1.82, 2.24) is 0 Å².